The smallest absolute Gasteiger partial charge is 0.320 e. The van der Waals surface area contributed by atoms with Crippen LogP contribution in [0.1, 0.15) is 36.3 Å². The molecule has 5 nitrogen and oxygen atoms in total. The Morgan fingerprint density at radius 1 is 1.08 bits per heavy atom. The molecule has 4 N–H and O–H groups in total. The second kappa shape index (κ2) is 8.25. The summed E-state index contributed by atoms with van der Waals surface area (Å²) in [6, 6.07) is 16.1. The Bertz CT molecular complexity index is 687. The van der Waals surface area contributed by atoms with Crippen LogP contribution in [0.2, 0.25) is 0 Å². The maximum Gasteiger partial charge on any atom is 0.320 e. The van der Waals surface area contributed by atoms with Gasteiger partial charge in [0.25, 0.3) is 0 Å². The zero-order chi connectivity index (χ0) is 17.6. The maximum absolute atomic E-state index is 10.6. The molecule has 0 amide bonds. The van der Waals surface area contributed by atoms with Gasteiger partial charge in [-0.3, -0.25) is 4.79 Å². The van der Waals surface area contributed by atoms with E-state index in [1.165, 1.54) is 22.3 Å². The molecule has 0 saturated heterocycles. The molecule has 1 aliphatic rings. The first-order valence-corrected chi connectivity index (χ1v) is 8.69. The number of rotatable bonds is 9. The number of benzene rings is 2. The molecule has 2 aromatic rings. The van der Waals surface area contributed by atoms with E-state index in [2.05, 4.69) is 54.0 Å². The van der Waals surface area contributed by atoms with Crippen molar-refractivity contribution < 1.29 is 14.7 Å². The highest BCUT2D eigenvalue weighted by molar-refractivity contribution is 5.78. The standard InChI is InChI=1S/C20H24N2O3/c21-19(20(23)24)11-5-6-12-22-25-13-18-16-9-3-1-7-14(16)15-8-2-4-10-17(15)18/h1-4,7-10,18-19,22H,5-6,11-13,21H2,(H,23,24)/t19-/m0/s1. The quantitative estimate of drug-likeness (QED) is 0.483. The zero-order valence-corrected chi connectivity index (χ0v) is 14.2. The molecule has 5 heteroatoms. The van der Waals surface area contributed by atoms with E-state index in [1.807, 2.05) is 0 Å². The first-order valence-electron chi connectivity index (χ1n) is 8.69. The van der Waals surface area contributed by atoms with Gasteiger partial charge in [-0.2, -0.15) is 0 Å². The van der Waals surface area contributed by atoms with E-state index >= 15 is 0 Å². The molecule has 0 saturated carbocycles. The van der Waals surface area contributed by atoms with Gasteiger partial charge in [0.15, 0.2) is 0 Å². The monoisotopic (exact) mass is 340 g/mol. The zero-order valence-electron chi connectivity index (χ0n) is 14.2. The molecule has 2 aromatic carbocycles. The Balaban J connectivity index is 1.47. The Hall–Kier alpha value is -2.21. The summed E-state index contributed by atoms with van der Waals surface area (Å²) < 4.78 is 0. The van der Waals surface area contributed by atoms with Gasteiger partial charge >= 0.3 is 5.97 Å². The molecule has 132 valence electrons. The molecule has 0 bridgehead atoms. The van der Waals surface area contributed by atoms with E-state index in [0.29, 0.717) is 19.6 Å². The lowest BCUT2D eigenvalue weighted by molar-refractivity contribution is -0.138. The third-order valence-corrected chi connectivity index (χ3v) is 4.68. The predicted octanol–water partition coefficient (Wildman–Crippen LogP) is 2.90. The van der Waals surface area contributed by atoms with Crippen LogP contribution in [0.5, 0.6) is 0 Å². The first-order chi connectivity index (χ1) is 12.2. The third kappa shape index (κ3) is 4.07. The van der Waals surface area contributed by atoms with E-state index in [1.54, 1.807) is 0 Å². The number of carboxylic acid groups (broad SMARTS) is 1. The van der Waals surface area contributed by atoms with Crippen LogP contribution in [0, 0.1) is 0 Å². The van der Waals surface area contributed by atoms with Crippen molar-refractivity contribution in [2.45, 2.75) is 31.2 Å². The predicted molar refractivity (Wildman–Crippen MR) is 97.1 cm³/mol. The fourth-order valence-electron chi connectivity index (χ4n) is 3.34. The van der Waals surface area contributed by atoms with Crippen LogP contribution in [0.25, 0.3) is 11.1 Å². The normalized spacial score (nSPS) is 14.1. The molecule has 0 aliphatic heterocycles. The first kappa shape index (κ1) is 17.6. The highest BCUT2D eigenvalue weighted by Gasteiger charge is 2.27. The number of fused-ring (bicyclic) bond motifs is 3. The van der Waals surface area contributed by atoms with Crippen molar-refractivity contribution >= 4 is 5.97 Å². The van der Waals surface area contributed by atoms with Crippen LogP contribution in [-0.4, -0.2) is 30.3 Å². The van der Waals surface area contributed by atoms with Crippen molar-refractivity contribution in [3.05, 3.63) is 59.7 Å². The third-order valence-electron chi connectivity index (χ3n) is 4.68. The lowest BCUT2D eigenvalue weighted by Crippen LogP contribution is -2.30. The summed E-state index contributed by atoms with van der Waals surface area (Å²) in [5.41, 5.74) is 13.6. The molecule has 0 unspecified atom stereocenters. The topological polar surface area (TPSA) is 84.6 Å². The van der Waals surface area contributed by atoms with Gasteiger partial charge in [-0.05, 0) is 41.5 Å². The summed E-state index contributed by atoms with van der Waals surface area (Å²) in [6.45, 7) is 1.25. The molecule has 0 aromatic heterocycles. The number of nitrogens with two attached hydrogens (primary N) is 1. The Morgan fingerprint density at radius 2 is 1.68 bits per heavy atom. The molecule has 3 rings (SSSR count). The van der Waals surface area contributed by atoms with Crippen LogP contribution in [0.15, 0.2) is 48.5 Å². The van der Waals surface area contributed by atoms with Gasteiger partial charge in [0, 0.05) is 12.5 Å². The van der Waals surface area contributed by atoms with Gasteiger partial charge in [0.2, 0.25) is 0 Å². The average Bonchev–Trinajstić information content (AvgIpc) is 2.95. The Morgan fingerprint density at radius 3 is 2.28 bits per heavy atom. The summed E-state index contributed by atoms with van der Waals surface area (Å²) in [5, 5.41) is 8.74. The molecular formula is C20H24N2O3. The van der Waals surface area contributed by atoms with Crippen LogP contribution in [0.3, 0.4) is 0 Å². The van der Waals surface area contributed by atoms with Crippen molar-refractivity contribution in [2.75, 3.05) is 13.2 Å². The lowest BCUT2D eigenvalue weighted by Gasteiger charge is -2.14. The summed E-state index contributed by atoms with van der Waals surface area (Å²) >= 11 is 0. The van der Waals surface area contributed by atoms with Crippen molar-refractivity contribution in [1.82, 2.24) is 5.48 Å². The van der Waals surface area contributed by atoms with E-state index in [4.69, 9.17) is 15.7 Å². The molecule has 25 heavy (non-hydrogen) atoms. The fraction of sp³-hybridized carbons (Fsp3) is 0.350. The number of carboxylic acids is 1. The van der Waals surface area contributed by atoms with E-state index in [0.717, 1.165) is 12.8 Å². The Kier molecular flexibility index (Phi) is 5.81. The molecule has 0 radical (unpaired) electrons. The maximum atomic E-state index is 10.6. The molecular weight excluding hydrogens is 316 g/mol. The SMILES string of the molecule is N[C@@H](CCCCNOCC1c2ccccc2-c2ccccc21)C(=O)O. The van der Waals surface area contributed by atoms with Gasteiger partial charge in [-0.25, -0.2) is 5.48 Å². The van der Waals surface area contributed by atoms with Crippen LogP contribution in [0.4, 0.5) is 0 Å². The van der Waals surface area contributed by atoms with E-state index < -0.39 is 12.0 Å². The van der Waals surface area contributed by atoms with Crippen molar-refractivity contribution in [1.29, 1.82) is 0 Å². The van der Waals surface area contributed by atoms with Crippen LogP contribution in [-0.2, 0) is 9.63 Å². The van der Waals surface area contributed by atoms with Gasteiger partial charge in [-0.15, -0.1) is 0 Å². The summed E-state index contributed by atoms with van der Waals surface area (Å²) in [5.74, 6) is -0.705. The molecule has 0 heterocycles. The summed E-state index contributed by atoms with van der Waals surface area (Å²) in [6.07, 6.45) is 2.08. The minimum Gasteiger partial charge on any atom is -0.480 e. The van der Waals surface area contributed by atoms with E-state index in [-0.39, 0.29) is 5.92 Å². The van der Waals surface area contributed by atoms with E-state index in [9.17, 15) is 4.79 Å². The highest BCUT2D eigenvalue weighted by Crippen LogP contribution is 2.44. The lowest BCUT2D eigenvalue weighted by atomic mass is 9.98. The number of hydroxylamine groups is 1. The average molecular weight is 340 g/mol. The van der Waals surface area contributed by atoms with Gasteiger partial charge in [-0.1, -0.05) is 48.5 Å². The second-order valence-corrected chi connectivity index (χ2v) is 6.37. The Labute approximate surface area is 147 Å². The van der Waals surface area contributed by atoms with Crippen molar-refractivity contribution in [3.8, 4) is 11.1 Å². The van der Waals surface area contributed by atoms with Crippen molar-refractivity contribution in [2.24, 2.45) is 5.73 Å². The molecule has 0 spiro atoms. The van der Waals surface area contributed by atoms with Gasteiger partial charge in [0.1, 0.15) is 6.04 Å². The summed E-state index contributed by atoms with van der Waals surface area (Å²) in [7, 11) is 0. The number of nitrogens with one attached hydrogen (secondary N) is 1. The minimum atomic E-state index is -0.942. The van der Waals surface area contributed by atoms with Crippen LogP contribution < -0.4 is 11.2 Å². The van der Waals surface area contributed by atoms with Crippen molar-refractivity contribution in [3.63, 3.8) is 0 Å². The van der Waals surface area contributed by atoms with Gasteiger partial charge < -0.3 is 15.7 Å². The number of aliphatic carboxylic acids is 1. The number of hydrogen-bond acceptors (Lipinski definition) is 4. The molecule has 0 fully saturated rings. The molecule has 1 aliphatic carbocycles. The minimum absolute atomic E-state index is 0.236. The van der Waals surface area contributed by atoms with Crippen LogP contribution >= 0.6 is 0 Å². The highest BCUT2D eigenvalue weighted by atomic mass is 16.6. The number of hydrogen-bond donors (Lipinski definition) is 3. The molecule has 1 atom stereocenters. The number of carbonyl (C=O) groups is 1. The van der Waals surface area contributed by atoms with Gasteiger partial charge in [0.05, 0.1) is 6.61 Å². The fourth-order valence-corrected chi connectivity index (χ4v) is 3.34. The largest absolute Gasteiger partial charge is 0.480 e. The number of unbranched alkanes of at least 4 members (excludes halogenated alkanes) is 1. The summed E-state index contributed by atoms with van der Waals surface area (Å²) in [4.78, 5) is 16.3. The second-order valence-electron chi connectivity index (χ2n) is 6.37.